The predicted molar refractivity (Wildman–Crippen MR) is 85.9 cm³/mol. The van der Waals surface area contributed by atoms with Gasteiger partial charge in [-0.05, 0) is 23.1 Å². The molecular formula is C14H18N4O3S. The molecule has 0 saturated heterocycles. The SMILES string of the molecule is CC(C)(C)c1ccc(SCC(=O)Nn2c(=O)[nH][nH]c2=O)cc1. The summed E-state index contributed by atoms with van der Waals surface area (Å²) in [5.41, 5.74) is 2.11. The number of thioether (sulfide) groups is 1. The Morgan fingerprint density at radius 1 is 1.14 bits per heavy atom. The maximum absolute atomic E-state index is 11.8. The van der Waals surface area contributed by atoms with Gasteiger partial charge >= 0.3 is 11.4 Å². The number of nitrogens with zero attached hydrogens (tertiary/aromatic N) is 1. The highest BCUT2D eigenvalue weighted by molar-refractivity contribution is 8.00. The van der Waals surface area contributed by atoms with E-state index < -0.39 is 17.3 Å². The monoisotopic (exact) mass is 322 g/mol. The van der Waals surface area contributed by atoms with Gasteiger partial charge in [0.15, 0.2) is 0 Å². The van der Waals surface area contributed by atoms with E-state index in [-0.39, 0.29) is 11.2 Å². The molecule has 1 aromatic heterocycles. The highest BCUT2D eigenvalue weighted by Crippen LogP contribution is 2.25. The van der Waals surface area contributed by atoms with Crippen LogP contribution in [0.3, 0.4) is 0 Å². The first-order chi connectivity index (χ1) is 10.3. The van der Waals surface area contributed by atoms with Gasteiger partial charge in [0.25, 0.3) is 0 Å². The van der Waals surface area contributed by atoms with Crippen molar-refractivity contribution in [1.82, 2.24) is 14.9 Å². The van der Waals surface area contributed by atoms with Crippen molar-refractivity contribution >= 4 is 17.7 Å². The maximum Gasteiger partial charge on any atom is 0.363 e. The predicted octanol–water partition coefficient (Wildman–Crippen LogP) is 1.02. The lowest BCUT2D eigenvalue weighted by Crippen LogP contribution is -2.39. The minimum Gasteiger partial charge on any atom is -0.272 e. The van der Waals surface area contributed by atoms with Crippen LogP contribution in [0.2, 0.25) is 0 Å². The Balaban J connectivity index is 1.94. The number of rotatable bonds is 4. The zero-order chi connectivity index (χ0) is 16.3. The van der Waals surface area contributed by atoms with Crippen molar-refractivity contribution in [2.45, 2.75) is 31.1 Å². The summed E-state index contributed by atoms with van der Waals surface area (Å²) in [6, 6.07) is 7.96. The summed E-state index contributed by atoms with van der Waals surface area (Å²) in [6.45, 7) is 6.40. The third-order valence-corrected chi connectivity index (χ3v) is 4.02. The Morgan fingerprint density at radius 3 is 2.18 bits per heavy atom. The van der Waals surface area contributed by atoms with E-state index in [9.17, 15) is 14.4 Å². The zero-order valence-electron chi connectivity index (χ0n) is 12.6. The van der Waals surface area contributed by atoms with E-state index in [0.29, 0.717) is 4.68 Å². The van der Waals surface area contributed by atoms with Crippen LogP contribution in [0.15, 0.2) is 38.8 Å². The van der Waals surface area contributed by atoms with Gasteiger partial charge < -0.3 is 0 Å². The zero-order valence-corrected chi connectivity index (χ0v) is 13.4. The van der Waals surface area contributed by atoms with Crippen LogP contribution in [0.1, 0.15) is 26.3 Å². The van der Waals surface area contributed by atoms with Crippen LogP contribution in [0.25, 0.3) is 0 Å². The lowest BCUT2D eigenvalue weighted by atomic mass is 9.87. The number of carbonyl (C=O) groups is 1. The van der Waals surface area contributed by atoms with Crippen molar-refractivity contribution in [2.24, 2.45) is 0 Å². The molecule has 118 valence electrons. The summed E-state index contributed by atoms with van der Waals surface area (Å²) < 4.78 is 0.603. The van der Waals surface area contributed by atoms with Gasteiger partial charge in [-0.1, -0.05) is 32.9 Å². The molecule has 0 aliphatic carbocycles. The first kappa shape index (κ1) is 16.2. The molecule has 22 heavy (non-hydrogen) atoms. The fourth-order valence-corrected chi connectivity index (χ4v) is 2.46. The summed E-state index contributed by atoms with van der Waals surface area (Å²) in [5, 5.41) is 4.17. The number of amides is 1. The Hall–Kier alpha value is -2.22. The van der Waals surface area contributed by atoms with Crippen molar-refractivity contribution in [2.75, 3.05) is 11.2 Å². The van der Waals surface area contributed by atoms with E-state index in [1.165, 1.54) is 17.3 Å². The summed E-state index contributed by atoms with van der Waals surface area (Å²) in [6.07, 6.45) is 0. The van der Waals surface area contributed by atoms with Gasteiger partial charge in [-0.25, -0.2) is 19.8 Å². The van der Waals surface area contributed by atoms with Gasteiger partial charge in [0.1, 0.15) is 0 Å². The molecule has 2 rings (SSSR count). The van der Waals surface area contributed by atoms with Gasteiger partial charge in [-0.2, -0.15) is 0 Å². The fourth-order valence-electron chi connectivity index (χ4n) is 1.77. The second-order valence-corrected chi connectivity index (χ2v) is 6.84. The summed E-state index contributed by atoms with van der Waals surface area (Å²) in [5.74, 6) is -0.330. The quantitative estimate of drug-likeness (QED) is 0.732. The van der Waals surface area contributed by atoms with Crippen LogP contribution in [0.5, 0.6) is 0 Å². The number of H-pyrrole nitrogens is 2. The third-order valence-electron chi connectivity index (χ3n) is 3.01. The molecule has 0 aliphatic rings. The molecule has 0 spiro atoms. The molecule has 7 nitrogen and oxygen atoms in total. The van der Waals surface area contributed by atoms with E-state index in [2.05, 4.69) is 36.4 Å². The highest BCUT2D eigenvalue weighted by atomic mass is 32.2. The molecule has 0 fully saturated rings. The van der Waals surface area contributed by atoms with Crippen molar-refractivity contribution in [3.63, 3.8) is 0 Å². The molecule has 8 heteroatoms. The van der Waals surface area contributed by atoms with E-state index in [1.807, 2.05) is 24.3 Å². The van der Waals surface area contributed by atoms with Crippen LogP contribution in [0.4, 0.5) is 0 Å². The van der Waals surface area contributed by atoms with Crippen molar-refractivity contribution in [3.05, 3.63) is 50.8 Å². The fraction of sp³-hybridized carbons (Fsp3) is 0.357. The van der Waals surface area contributed by atoms with E-state index >= 15 is 0 Å². The third kappa shape index (κ3) is 3.91. The van der Waals surface area contributed by atoms with Gasteiger partial charge in [-0.15, -0.1) is 16.4 Å². The average molecular weight is 322 g/mol. The normalized spacial score (nSPS) is 11.4. The second kappa shape index (κ2) is 6.27. The maximum atomic E-state index is 11.8. The van der Waals surface area contributed by atoms with Gasteiger partial charge in [0.2, 0.25) is 5.91 Å². The Bertz CT molecular complexity index is 737. The molecule has 0 bridgehead atoms. The minimum absolute atomic E-state index is 0.0804. The number of hydrogen-bond acceptors (Lipinski definition) is 4. The summed E-state index contributed by atoms with van der Waals surface area (Å²) >= 11 is 1.33. The first-order valence-electron chi connectivity index (χ1n) is 6.70. The van der Waals surface area contributed by atoms with Crippen LogP contribution >= 0.6 is 11.8 Å². The number of aromatic nitrogens is 3. The molecule has 0 radical (unpaired) electrons. The number of hydrogen-bond donors (Lipinski definition) is 3. The largest absolute Gasteiger partial charge is 0.363 e. The van der Waals surface area contributed by atoms with Gasteiger partial charge in [-0.3, -0.25) is 10.2 Å². The lowest BCUT2D eigenvalue weighted by Gasteiger charge is -2.19. The van der Waals surface area contributed by atoms with Crippen molar-refractivity contribution in [1.29, 1.82) is 0 Å². The Labute approximate surface area is 131 Å². The number of nitrogens with one attached hydrogen (secondary N) is 3. The standard InChI is InChI=1S/C14H18N4O3S/c1-14(2,3)9-4-6-10(7-5-9)22-8-11(19)17-18-12(20)15-16-13(18)21/h4-7H,8H2,1-3H3,(H,15,20)(H,16,21)(H,17,19). The van der Waals surface area contributed by atoms with E-state index in [1.54, 1.807) is 0 Å². The molecule has 0 aliphatic heterocycles. The molecule has 1 heterocycles. The highest BCUT2D eigenvalue weighted by Gasteiger charge is 2.13. The minimum atomic E-state index is -0.710. The molecule has 1 aromatic carbocycles. The molecule has 0 atom stereocenters. The van der Waals surface area contributed by atoms with Crippen LogP contribution in [-0.2, 0) is 10.2 Å². The molecule has 2 aromatic rings. The molecule has 1 amide bonds. The number of benzene rings is 1. The van der Waals surface area contributed by atoms with E-state index in [0.717, 1.165) is 4.90 Å². The van der Waals surface area contributed by atoms with Crippen LogP contribution in [-0.4, -0.2) is 26.5 Å². The van der Waals surface area contributed by atoms with E-state index in [4.69, 9.17) is 0 Å². The molecular weight excluding hydrogens is 304 g/mol. The topological polar surface area (TPSA) is 99.8 Å². The second-order valence-electron chi connectivity index (χ2n) is 5.79. The van der Waals surface area contributed by atoms with Crippen LogP contribution < -0.4 is 16.8 Å². The lowest BCUT2D eigenvalue weighted by molar-refractivity contribution is -0.114. The Kier molecular flexibility index (Phi) is 4.60. The summed E-state index contributed by atoms with van der Waals surface area (Å²) in [7, 11) is 0. The summed E-state index contributed by atoms with van der Waals surface area (Å²) in [4.78, 5) is 35.2. The van der Waals surface area contributed by atoms with Gasteiger partial charge in [0, 0.05) is 4.90 Å². The Morgan fingerprint density at radius 2 is 1.68 bits per heavy atom. The van der Waals surface area contributed by atoms with Crippen molar-refractivity contribution in [3.8, 4) is 0 Å². The number of aromatic amines is 2. The average Bonchev–Trinajstić information content (AvgIpc) is 2.76. The smallest absolute Gasteiger partial charge is 0.272 e. The first-order valence-corrected chi connectivity index (χ1v) is 7.69. The molecule has 0 unspecified atom stereocenters. The molecule has 0 saturated carbocycles. The van der Waals surface area contributed by atoms with Gasteiger partial charge in [0.05, 0.1) is 5.75 Å². The molecule has 3 N–H and O–H groups in total. The van der Waals surface area contributed by atoms with Crippen molar-refractivity contribution < 1.29 is 4.79 Å². The number of carbonyl (C=O) groups excluding carboxylic acids is 1. The van der Waals surface area contributed by atoms with Crippen LogP contribution in [0, 0.1) is 0 Å².